The maximum Gasteiger partial charge on any atom is 0.254 e. The van der Waals surface area contributed by atoms with Crippen LogP contribution in [0.1, 0.15) is 21.5 Å². The Morgan fingerprint density at radius 3 is 2.44 bits per heavy atom. The molecule has 3 aromatic carbocycles. The molecular formula is C25H18ClFN2O3. The van der Waals surface area contributed by atoms with Gasteiger partial charge in [0.05, 0.1) is 0 Å². The maximum atomic E-state index is 13.6. The number of fused-ring (bicyclic) bond motifs is 3. The Morgan fingerprint density at radius 1 is 0.969 bits per heavy atom. The second-order valence-corrected chi connectivity index (χ2v) is 7.73. The number of hydrogen-bond donors (Lipinski definition) is 0. The highest BCUT2D eigenvalue weighted by Crippen LogP contribution is 2.44. The van der Waals surface area contributed by atoms with Crippen LogP contribution in [0.5, 0.6) is 11.5 Å². The van der Waals surface area contributed by atoms with E-state index in [0.29, 0.717) is 30.2 Å². The molecule has 0 atom stereocenters. The smallest absolute Gasteiger partial charge is 0.254 e. The molecule has 2 aliphatic heterocycles. The Morgan fingerprint density at radius 2 is 1.69 bits per heavy atom. The average Bonchev–Trinajstić information content (AvgIpc) is 3.36. The summed E-state index contributed by atoms with van der Waals surface area (Å²) in [6.45, 7) is 1.15. The van der Waals surface area contributed by atoms with Crippen molar-refractivity contribution in [2.45, 2.75) is 13.1 Å². The van der Waals surface area contributed by atoms with E-state index in [0.717, 1.165) is 33.0 Å². The molecule has 1 amide bonds. The van der Waals surface area contributed by atoms with Gasteiger partial charge in [0, 0.05) is 31.0 Å². The molecule has 2 aliphatic rings. The summed E-state index contributed by atoms with van der Waals surface area (Å²) in [6, 6.07) is 16.0. The molecule has 0 aliphatic carbocycles. The average molecular weight is 449 g/mol. The minimum Gasteiger partial charge on any atom is -0.454 e. The van der Waals surface area contributed by atoms with Gasteiger partial charge in [0.1, 0.15) is 5.82 Å². The Hall–Kier alpha value is -3.64. The number of halogens is 2. The van der Waals surface area contributed by atoms with E-state index in [2.05, 4.69) is 4.98 Å². The van der Waals surface area contributed by atoms with Crippen molar-refractivity contribution in [2.75, 3.05) is 6.79 Å². The molecule has 0 radical (unpaired) electrons. The first kappa shape index (κ1) is 20.3. The SMILES string of the molecule is Cl.O=C1c2cc3cc4c(cc3c(-c3ccc(F)cc3)c2CN1Cc1ccncc1)OCO4. The minimum atomic E-state index is -0.298. The van der Waals surface area contributed by atoms with Gasteiger partial charge in [-0.1, -0.05) is 12.1 Å². The first-order valence-corrected chi connectivity index (χ1v) is 10.0. The van der Waals surface area contributed by atoms with Crippen LogP contribution in [0.2, 0.25) is 0 Å². The molecule has 7 heteroatoms. The summed E-state index contributed by atoms with van der Waals surface area (Å²) in [6.07, 6.45) is 3.45. The second-order valence-electron chi connectivity index (χ2n) is 7.73. The first-order chi connectivity index (χ1) is 15.2. The number of hydrogen-bond acceptors (Lipinski definition) is 4. The van der Waals surface area contributed by atoms with Crippen LogP contribution in [0, 0.1) is 5.82 Å². The number of carbonyl (C=O) groups excluding carboxylic acids is 1. The number of carbonyl (C=O) groups is 1. The summed E-state index contributed by atoms with van der Waals surface area (Å²) < 4.78 is 24.8. The number of pyridine rings is 1. The van der Waals surface area contributed by atoms with Gasteiger partial charge in [0.15, 0.2) is 11.5 Å². The lowest BCUT2D eigenvalue weighted by molar-refractivity contribution is 0.0767. The second kappa shape index (κ2) is 7.80. The van der Waals surface area contributed by atoms with Crippen molar-refractivity contribution in [2.24, 2.45) is 0 Å². The molecule has 6 rings (SSSR count). The first-order valence-electron chi connectivity index (χ1n) is 10.0. The zero-order valence-corrected chi connectivity index (χ0v) is 17.7. The molecule has 1 aromatic heterocycles. The van der Waals surface area contributed by atoms with Crippen LogP contribution >= 0.6 is 12.4 Å². The number of aromatic nitrogens is 1. The van der Waals surface area contributed by atoms with Gasteiger partial charge in [-0.2, -0.15) is 0 Å². The largest absolute Gasteiger partial charge is 0.454 e. The Bertz CT molecular complexity index is 1340. The van der Waals surface area contributed by atoms with Crippen molar-refractivity contribution < 1.29 is 18.7 Å². The van der Waals surface area contributed by atoms with E-state index >= 15 is 0 Å². The summed E-state index contributed by atoms with van der Waals surface area (Å²) in [5, 5.41) is 1.84. The van der Waals surface area contributed by atoms with Crippen molar-refractivity contribution in [3.8, 4) is 22.6 Å². The number of nitrogens with zero attached hydrogens (tertiary/aromatic N) is 2. The highest BCUT2D eigenvalue weighted by molar-refractivity contribution is 6.09. The molecule has 0 saturated heterocycles. The van der Waals surface area contributed by atoms with E-state index in [1.165, 1.54) is 12.1 Å². The summed E-state index contributed by atoms with van der Waals surface area (Å²) >= 11 is 0. The monoisotopic (exact) mass is 448 g/mol. The highest BCUT2D eigenvalue weighted by atomic mass is 35.5. The van der Waals surface area contributed by atoms with Crippen molar-refractivity contribution in [3.05, 3.63) is 89.5 Å². The lowest BCUT2D eigenvalue weighted by Gasteiger charge is -2.16. The van der Waals surface area contributed by atoms with Crippen LogP contribution in [0.25, 0.3) is 21.9 Å². The minimum absolute atomic E-state index is 0. The fourth-order valence-electron chi connectivity index (χ4n) is 4.40. The third-order valence-electron chi connectivity index (χ3n) is 5.86. The van der Waals surface area contributed by atoms with E-state index in [1.54, 1.807) is 24.5 Å². The van der Waals surface area contributed by atoms with Gasteiger partial charge in [-0.3, -0.25) is 9.78 Å². The van der Waals surface area contributed by atoms with Crippen molar-refractivity contribution in [1.82, 2.24) is 9.88 Å². The van der Waals surface area contributed by atoms with Gasteiger partial charge in [0.25, 0.3) is 5.91 Å². The third-order valence-corrected chi connectivity index (χ3v) is 5.86. The zero-order valence-electron chi connectivity index (χ0n) is 16.9. The lowest BCUT2D eigenvalue weighted by Crippen LogP contribution is -2.23. The van der Waals surface area contributed by atoms with Gasteiger partial charge < -0.3 is 14.4 Å². The molecule has 0 N–H and O–H groups in total. The van der Waals surface area contributed by atoms with Crippen molar-refractivity contribution >= 4 is 29.1 Å². The fraction of sp³-hybridized carbons (Fsp3) is 0.120. The molecule has 0 unspecified atom stereocenters. The van der Waals surface area contributed by atoms with E-state index in [-0.39, 0.29) is 30.9 Å². The summed E-state index contributed by atoms with van der Waals surface area (Å²) in [5.41, 5.74) is 4.42. The summed E-state index contributed by atoms with van der Waals surface area (Å²) in [7, 11) is 0. The molecular weight excluding hydrogens is 431 g/mol. The predicted molar refractivity (Wildman–Crippen MR) is 121 cm³/mol. The van der Waals surface area contributed by atoms with Crippen LogP contribution in [-0.2, 0) is 13.1 Å². The number of ether oxygens (including phenoxy) is 2. The standard InChI is InChI=1S/C25H17FN2O3.ClH/c26-18-3-1-16(2-4-18)24-19-11-23-22(30-14-31-23)10-17(19)9-20-21(24)13-28(25(20)29)12-15-5-7-27-8-6-15;/h1-11H,12-14H2;1H. The molecule has 5 nitrogen and oxygen atoms in total. The number of benzene rings is 3. The Balaban J connectivity index is 0.00000216. The Labute approximate surface area is 189 Å². The van der Waals surface area contributed by atoms with Crippen LogP contribution in [0.3, 0.4) is 0 Å². The third kappa shape index (κ3) is 3.24. The summed E-state index contributed by atoms with van der Waals surface area (Å²) in [4.78, 5) is 19.2. The van der Waals surface area contributed by atoms with Gasteiger partial charge in [-0.05, 0) is 75.5 Å². The maximum absolute atomic E-state index is 13.6. The lowest BCUT2D eigenvalue weighted by atomic mass is 9.90. The molecule has 0 bridgehead atoms. The Kier molecular flexibility index (Phi) is 4.94. The molecule has 0 spiro atoms. The molecule has 160 valence electrons. The topological polar surface area (TPSA) is 51.7 Å². The predicted octanol–water partition coefficient (Wildman–Crippen LogP) is 5.35. The van der Waals surface area contributed by atoms with Gasteiger partial charge in [-0.25, -0.2) is 4.39 Å². The van der Waals surface area contributed by atoms with Gasteiger partial charge in [0.2, 0.25) is 6.79 Å². The zero-order chi connectivity index (χ0) is 20.9. The van der Waals surface area contributed by atoms with Crippen LogP contribution in [0.4, 0.5) is 4.39 Å². The van der Waals surface area contributed by atoms with Crippen LogP contribution < -0.4 is 9.47 Å². The van der Waals surface area contributed by atoms with Gasteiger partial charge >= 0.3 is 0 Å². The molecule has 32 heavy (non-hydrogen) atoms. The molecule has 3 heterocycles. The summed E-state index contributed by atoms with van der Waals surface area (Å²) in [5.74, 6) is 1.02. The highest BCUT2D eigenvalue weighted by Gasteiger charge is 2.32. The van der Waals surface area contributed by atoms with Crippen LogP contribution in [-0.4, -0.2) is 22.6 Å². The van der Waals surface area contributed by atoms with E-state index < -0.39 is 0 Å². The van der Waals surface area contributed by atoms with Crippen LogP contribution in [0.15, 0.2) is 67.0 Å². The fourth-order valence-corrected chi connectivity index (χ4v) is 4.40. The normalized spacial score (nSPS) is 13.9. The van der Waals surface area contributed by atoms with Crippen molar-refractivity contribution in [3.63, 3.8) is 0 Å². The molecule has 4 aromatic rings. The van der Waals surface area contributed by atoms with Gasteiger partial charge in [-0.15, -0.1) is 12.4 Å². The van der Waals surface area contributed by atoms with E-state index in [9.17, 15) is 9.18 Å². The van der Waals surface area contributed by atoms with E-state index in [1.807, 2.05) is 35.2 Å². The number of rotatable bonds is 3. The molecule has 0 fully saturated rings. The molecule has 0 saturated carbocycles. The number of amides is 1. The van der Waals surface area contributed by atoms with E-state index in [4.69, 9.17) is 9.47 Å². The van der Waals surface area contributed by atoms with Crippen molar-refractivity contribution in [1.29, 1.82) is 0 Å². The quantitative estimate of drug-likeness (QED) is 0.424.